The van der Waals surface area contributed by atoms with Gasteiger partial charge in [0.25, 0.3) is 0 Å². The highest BCUT2D eigenvalue weighted by atomic mass is 127. The molecule has 0 saturated carbocycles. The van der Waals surface area contributed by atoms with Crippen LogP contribution >= 0.6 is 24.0 Å². The molecule has 0 atom stereocenters. The number of rotatable bonds is 5. The third-order valence-corrected chi connectivity index (χ3v) is 3.70. The van der Waals surface area contributed by atoms with Gasteiger partial charge in [-0.25, -0.2) is 0 Å². The number of nitrogens with zero attached hydrogens (tertiary/aromatic N) is 2. The second-order valence-corrected chi connectivity index (χ2v) is 5.69. The molecule has 1 N–H and O–H groups in total. The van der Waals surface area contributed by atoms with E-state index in [4.69, 9.17) is 4.74 Å². The van der Waals surface area contributed by atoms with Gasteiger partial charge in [-0.15, -0.1) is 24.0 Å². The number of benzene rings is 1. The van der Waals surface area contributed by atoms with Gasteiger partial charge in [0.15, 0.2) is 5.96 Å². The van der Waals surface area contributed by atoms with Gasteiger partial charge in [-0.05, 0) is 37.8 Å². The predicted octanol–water partition coefficient (Wildman–Crippen LogP) is 3.05. The van der Waals surface area contributed by atoms with Crippen LogP contribution in [0.1, 0.15) is 31.4 Å². The van der Waals surface area contributed by atoms with Gasteiger partial charge in [0.1, 0.15) is 0 Å². The highest BCUT2D eigenvalue weighted by Crippen LogP contribution is 2.18. The van der Waals surface area contributed by atoms with E-state index >= 15 is 0 Å². The number of hydrogen-bond donors (Lipinski definition) is 1. The van der Waals surface area contributed by atoms with Gasteiger partial charge in [-0.1, -0.05) is 24.3 Å². The molecule has 1 aliphatic rings. The number of ether oxygens (including phenoxy) is 1. The highest BCUT2D eigenvalue weighted by Gasteiger charge is 2.18. The van der Waals surface area contributed by atoms with Gasteiger partial charge in [0.2, 0.25) is 0 Å². The number of guanidine groups is 1. The lowest BCUT2D eigenvalue weighted by Crippen LogP contribution is -2.44. The Balaban J connectivity index is 0.00000242. The molecule has 0 unspecified atom stereocenters. The van der Waals surface area contributed by atoms with Crippen LogP contribution in [0.15, 0.2) is 29.3 Å². The highest BCUT2D eigenvalue weighted by molar-refractivity contribution is 14.0. The van der Waals surface area contributed by atoms with Crippen LogP contribution in [0.2, 0.25) is 0 Å². The van der Waals surface area contributed by atoms with E-state index in [2.05, 4.69) is 53.3 Å². The molecule has 0 saturated heterocycles. The Morgan fingerprint density at radius 2 is 2.05 bits per heavy atom. The molecule has 1 aromatic carbocycles. The SMILES string of the molecule is CN=C(NCCCOC(C)C)N1CCc2ccccc2C1.I. The molecule has 2 rings (SSSR count). The van der Waals surface area contributed by atoms with Crippen molar-refractivity contribution in [1.29, 1.82) is 0 Å². The molecule has 0 fully saturated rings. The molecule has 22 heavy (non-hydrogen) atoms. The molecular formula is C17H28IN3O. The maximum atomic E-state index is 5.56. The lowest BCUT2D eigenvalue weighted by atomic mass is 10.0. The minimum atomic E-state index is 0. The molecule has 1 aromatic rings. The van der Waals surface area contributed by atoms with E-state index in [1.807, 2.05) is 7.05 Å². The molecular weight excluding hydrogens is 389 g/mol. The van der Waals surface area contributed by atoms with Crippen molar-refractivity contribution < 1.29 is 4.74 Å². The summed E-state index contributed by atoms with van der Waals surface area (Å²) in [6, 6.07) is 8.68. The number of hydrogen-bond acceptors (Lipinski definition) is 2. The minimum Gasteiger partial charge on any atom is -0.379 e. The normalized spacial score (nSPS) is 14.5. The van der Waals surface area contributed by atoms with Crippen LogP contribution in [0, 0.1) is 0 Å². The molecule has 0 bridgehead atoms. The Morgan fingerprint density at radius 3 is 2.73 bits per heavy atom. The Labute approximate surface area is 151 Å². The van der Waals surface area contributed by atoms with E-state index in [0.717, 1.165) is 45.0 Å². The molecule has 1 aliphatic heterocycles. The Bertz CT molecular complexity index is 477. The topological polar surface area (TPSA) is 36.9 Å². The van der Waals surface area contributed by atoms with E-state index in [0.29, 0.717) is 6.10 Å². The maximum absolute atomic E-state index is 5.56. The molecule has 0 aromatic heterocycles. The van der Waals surface area contributed by atoms with Gasteiger partial charge in [-0.3, -0.25) is 4.99 Å². The summed E-state index contributed by atoms with van der Waals surface area (Å²) in [5.41, 5.74) is 2.88. The lowest BCUT2D eigenvalue weighted by molar-refractivity contribution is 0.0775. The third kappa shape index (κ3) is 5.76. The summed E-state index contributed by atoms with van der Waals surface area (Å²) in [5.74, 6) is 0.994. The molecule has 124 valence electrons. The Hall–Kier alpha value is -0.820. The summed E-state index contributed by atoms with van der Waals surface area (Å²) < 4.78 is 5.56. The van der Waals surface area contributed by atoms with Gasteiger partial charge >= 0.3 is 0 Å². The van der Waals surface area contributed by atoms with Crippen LogP contribution in [0.3, 0.4) is 0 Å². The molecule has 0 spiro atoms. The third-order valence-electron chi connectivity index (χ3n) is 3.70. The number of aliphatic imine (C=N–C) groups is 1. The Morgan fingerprint density at radius 1 is 1.32 bits per heavy atom. The van der Waals surface area contributed by atoms with Crippen molar-refractivity contribution in [2.24, 2.45) is 4.99 Å². The van der Waals surface area contributed by atoms with Crippen molar-refractivity contribution in [2.75, 3.05) is 26.7 Å². The van der Waals surface area contributed by atoms with Crippen LogP contribution < -0.4 is 5.32 Å². The smallest absolute Gasteiger partial charge is 0.193 e. The average Bonchev–Trinajstić information content (AvgIpc) is 2.50. The zero-order chi connectivity index (χ0) is 15.1. The molecule has 5 heteroatoms. The summed E-state index contributed by atoms with van der Waals surface area (Å²) >= 11 is 0. The van der Waals surface area contributed by atoms with Crippen molar-refractivity contribution in [2.45, 2.75) is 39.3 Å². The zero-order valence-electron chi connectivity index (χ0n) is 13.8. The number of fused-ring (bicyclic) bond motifs is 1. The second kappa shape index (κ2) is 10.0. The van der Waals surface area contributed by atoms with Crippen molar-refractivity contribution in [3.05, 3.63) is 35.4 Å². The quantitative estimate of drug-likeness (QED) is 0.346. The van der Waals surface area contributed by atoms with Crippen LogP contribution in [0.4, 0.5) is 0 Å². The standard InChI is InChI=1S/C17H27N3O.HI/c1-14(2)21-12-6-10-19-17(18-3)20-11-9-15-7-4-5-8-16(15)13-20;/h4-5,7-8,14H,6,9-13H2,1-3H3,(H,18,19);1H. The monoisotopic (exact) mass is 417 g/mol. The first kappa shape index (κ1) is 19.2. The molecule has 4 nitrogen and oxygen atoms in total. The second-order valence-electron chi connectivity index (χ2n) is 5.69. The molecule has 0 aliphatic carbocycles. The van der Waals surface area contributed by atoms with E-state index < -0.39 is 0 Å². The zero-order valence-corrected chi connectivity index (χ0v) is 16.2. The summed E-state index contributed by atoms with van der Waals surface area (Å²) in [6.45, 7) is 7.80. The summed E-state index contributed by atoms with van der Waals surface area (Å²) in [5, 5.41) is 3.44. The van der Waals surface area contributed by atoms with Crippen molar-refractivity contribution in [3.63, 3.8) is 0 Å². The fourth-order valence-electron chi connectivity index (χ4n) is 2.60. The first-order chi connectivity index (χ1) is 10.2. The van der Waals surface area contributed by atoms with Crippen LogP contribution in [-0.2, 0) is 17.7 Å². The first-order valence-electron chi connectivity index (χ1n) is 7.84. The van der Waals surface area contributed by atoms with Crippen molar-refractivity contribution in [1.82, 2.24) is 10.2 Å². The van der Waals surface area contributed by atoms with E-state index in [9.17, 15) is 0 Å². The van der Waals surface area contributed by atoms with Crippen LogP contribution in [0.25, 0.3) is 0 Å². The van der Waals surface area contributed by atoms with E-state index in [1.54, 1.807) is 0 Å². The summed E-state index contributed by atoms with van der Waals surface area (Å²) in [7, 11) is 1.85. The maximum Gasteiger partial charge on any atom is 0.193 e. The Kier molecular flexibility index (Phi) is 8.78. The fourth-order valence-corrected chi connectivity index (χ4v) is 2.60. The first-order valence-corrected chi connectivity index (χ1v) is 7.84. The fraction of sp³-hybridized carbons (Fsp3) is 0.588. The molecule has 1 heterocycles. The largest absolute Gasteiger partial charge is 0.379 e. The van der Waals surface area contributed by atoms with Gasteiger partial charge < -0.3 is 15.0 Å². The molecule has 0 amide bonds. The summed E-state index contributed by atoms with van der Waals surface area (Å²) in [6.07, 6.45) is 2.40. The number of halogens is 1. The number of nitrogens with one attached hydrogen (secondary N) is 1. The minimum absolute atomic E-state index is 0. The van der Waals surface area contributed by atoms with Gasteiger partial charge in [-0.2, -0.15) is 0 Å². The predicted molar refractivity (Wildman–Crippen MR) is 103 cm³/mol. The lowest BCUT2D eigenvalue weighted by Gasteiger charge is -2.31. The molecule has 0 radical (unpaired) electrons. The van der Waals surface area contributed by atoms with Crippen molar-refractivity contribution >= 4 is 29.9 Å². The average molecular weight is 417 g/mol. The van der Waals surface area contributed by atoms with E-state index in [1.165, 1.54) is 11.1 Å². The summed E-state index contributed by atoms with van der Waals surface area (Å²) in [4.78, 5) is 6.73. The van der Waals surface area contributed by atoms with Crippen LogP contribution in [0.5, 0.6) is 0 Å². The van der Waals surface area contributed by atoms with Gasteiger partial charge in [0, 0.05) is 33.3 Å². The van der Waals surface area contributed by atoms with Crippen LogP contribution in [-0.4, -0.2) is 43.7 Å². The van der Waals surface area contributed by atoms with Crippen molar-refractivity contribution in [3.8, 4) is 0 Å². The van der Waals surface area contributed by atoms with E-state index in [-0.39, 0.29) is 24.0 Å². The van der Waals surface area contributed by atoms with Gasteiger partial charge in [0.05, 0.1) is 6.10 Å².